The number of alkyl halides is 3. The van der Waals surface area contributed by atoms with Crippen molar-refractivity contribution >= 4 is 67.2 Å². The lowest BCUT2D eigenvalue weighted by Gasteiger charge is -2.18. The number of halogens is 5. The predicted molar refractivity (Wildman–Crippen MR) is 119 cm³/mol. The van der Waals surface area contributed by atoms with E-state index in [9.17, 15) is 13.2 Å². The highest BCUT2D eigenvalue weighted by atomic mass is 35.5. The summed E-state index contributed by atoms with van der Waals surface area (Å²) >= 11 is 13.9. The van der Waals surface area contributed by atoms with Gasteiger partial charge in [0.25, 0.3) is 0 Å². The third kappa shape index (κ3) is 4.39. The number of anilines is 4. The lowest BCUT2D eigenvalue weighted by Crippen LogP contribution is -2.10. The van der Waals surface area contributed by atoms with Crippen molar-refractivity contribution in [3.8, 4) is 0 Å². The van der Waals surface area contributed by atoms with E-state index >= 15 is 0 Å². The molecule has 0 aliphatic carbocycles. The van der Waals surface area contributed by atoms with Gasteiger partial charge in [-0.3, -0.25) is 0 Å². The molecule has 2 heterocycles. The van der Waals surface area contributed by atoms with E-state index in [0.717, 1.165) is 12.1 Å². The molecular formula is C20H14Cl2F3N5S. The Bertz CT molecular complexity index is 1240. The molecule has 0 spiro atoms. The molecule has 0 bridgehead atoms. The SMILES string of the molecule is Cc1nc(Nc2ccc(C(F)(F)F)cc2)c2nc(N(C)c3c(Cl)cccc3Cl)sc2n1. The molecule has 31 heavy (non-hydrogen) atoms. The molecule has 0 fully saturated rings. The zero-order chi connectivity index (χ0) is 22.3. The largest absolute Gasteiger partial charge is 0.416 e. The topological polar surface area (TPSA) is 53.9 Å². The predicted octanol–water partition coefficient (Wildman–Crippen LogP) is 7.23. The summed E-state index contributed by atoms with van der Waals surface area (Å²) in [5, 5.41) is 4.56. The van der Waals surface area contributed by atoms with Crippen LogP contribution in [0.5, 0.6) is 0 Å². The van der Waals surface area contributed by atoms with Crippen molar-refractivity contribution in [3.63, 3.8) is 0 Å². The van der Waals surface area contributed by atoms with Gasteiger partial charge < -0.3 is 10.2 Å². The molecule has 0 aliphatic rings. The minimum Gasteiger partial charge on any atom is -0.338 e. The summed E-state index contributed by atoms with van der Waals surface area (Å²) < 4.78 is 38.4. The van der Waals surface area contributed by atoms with Crippen LogP contribution in [0.1, 0.15) is 11.4 Å². The van der Waals surface area contributed by atoms with E-state index in [2.05, 4.69) is 20.3 Å². The van der Waals surface area contributed by atoms with E-state index in [4.69, 9.17) is 23.2 Å². The summed E-state index contributed by atoms with van der Waals surface area (Å²) in [4.78, 5) is 15.8. The summed E-state index contributed by atoms with van der Waals surface area (Å²) in [6.45, 7) is 1.73. The fourth-order valence-corrected chi connectivity index (χ4v) is 4.54. The smallest absolute Gasteiger partial charge is 0.338 e. The Hall–Kier alpha value is -2.62. The standard InChI is InChI=1S/C20H14Cl2F3N5S/c1-10-26-17(28-12-8-6-11(7-9-12)20(23,24)25)15-18(27-10)31-19(29-15)30(2)16-13(21)4-3-5-14(16)22/h3-9H,1-2H3,(H,26,27,28). The molecule has 5 nitrogen and oxygen atoms in total. The molecule has 11 heteroatoms. The third-order valence-corrected chi connectivity index (χ3v) is 6.03. The van der Waals surface area contributed by atoms with E-state index in [1.54, 1.807) is 37.1 Å². The second kappa shape index (κ2) is 8.14. The van der Waals surface area contributed by atoms with E-state index in [0.29, 0.717) is 48.5 Å². The van der Waals surface area contributed by atoms with Crippen LogP contribution in [0.2, 0.25) is 10.0 Å². The summed E-state index contributed by atoms with van der Waals surface area (Å²) in [5.74, 6) is 0.888. The highest BCUT2D eigenvalue weighted by molar-refractivity contribution is 7.22. The highest BCUT2D eigenvalue weighted by Crippen LogP contribution is 2.40. The first-order valence-electron chi connectivity index (χ1n) is 8.90. The van der Waals surface area contributed by atoms with Crippen LogP contribution in [0.25, 0.3) is 10.3 Å². The fourth-order valence-electron chi connectivity index (χ4n) is 2.93. The average Bonchev–Trinajstić information content (AvgIpc) is 3.11. The summed E-state index contributed by atoms with van der Waals surface area (Å²) in [6, 6.07) is 9.91. The van der Waals surface area contributed by atoms with Crippen molar-refractivity contribution in [1.82, 2.24) is 15.0 Å². The van der Waals surface area contributed by atoms with Gasteiger partial charge in [0, 0.05) is 12.7 Å². The molecule has 0 radical (unpaired) electrons. The molecule has 0 amide bonds. The van der Waals surface area contributed by atoms with Crippen LogP contribution in [-0.4, -0.2) is 22.0 Å². The summed E-state index contributed by atoms with van der Waals surface area (Å²) in [7, 11) is 1.79. The second-order valence-corrected chi connectivity index (χ2v) is 8.37. The number of aryl methyl sites for hydroxylation is 1. The van der Waals surface area contributed by atoms with Crippen molar-refractivity contribution in [2.45, 2.75) is 13.1 Å². The molecule has 0 saturated carbocycles. The van der Waals surface area contributed by atoms with Gasteiger partial charge in [-0.05, 0) is 43.3 Å². The molecule has 1 N–H and O–H groups in total. The van der Waals surface area contributed by atoms with Gasteiger partial charge in [0.2, 0.25) is 0 Å². The van der Waals surface area contributed by atoms with Gasteiger partial charge in [-0.15, -0.1) is 0 Å². The molecular weight excluding hydrogens is 470 g/mol. The number of hydrogen-bond acceptors (Lipinski definition) is 6. The summed E-state index contributed by atoms with van der Waals surface area (Å²) in [6.07, 6.45) is -4.40. The lowest BCUT2D eigenvalue weighted by molar-refractivity contribution is -0.137. The zero-order valence-corrected chi connectivity index (χ0v) is 18.5. The number of thiazole rings is 1. The van der Waals surface area contributed by atoms with Gasteiger partial charge in [0.15, 0.2) is 15.8 Å². The summed E-state index contributed by atoms with van der Waals surface area (Å²) in [5.41, 5.74) is 0.813. The van der Waals surface area contributed by atoms with Gasteiger partial charge in [-0.1, -0.05) is 40.6 Å². The van der Waals surface area contributed by atoms with Gasteiger partial charge in [0.1, 0.15) is 11.3 Å². The van der Waals surface area contributed by atoms with E-state index in [1.807, 2.05) is 0 Å². The first-order chi connectivity index (χ1) is 14.6. The Labute approximate surface area is 189 Å². The molecule has 0 saturated heterocycles. The van der Waals surface area contributed by atoms with E-state index in [1.165, 1.54) is 23.5 Å². The number of hydrogen-bond donors (Lipinski definition) is 1. The zero-order valence-electron chi connectivity index (χ0n) is 16.1. The van der Waals surface area contributed by atoms with Crippen LogP contribution in [0, 0.1) is 6.92 Å². The van der Waals surface area contributed by atoms with Crippen LogP contribution in [-0.2, 0) is 6.18 Å². The van der Waals surface area contributed by atoms with Crippen molar-refractivity contribution in [1.29, 1.82) is 0 Å². The number of para-hydroxylation sites is 1. The van der Waals surface area contributed by atoms with Crippen LogP contribution in [0.3, 0.4) is 0 Å². The maximum Gasteiger partial charge on any atom is 0.416 e. The fraction of sp³-hybridized carbons (Fsp3) is 0.150. The van der Waals surface area contributed by atoms with Crippen LogP contribution in [0.15, 0.2) is 42.5 Å². The molecule has 160 valence electrons. The van der Waals surface area contributed by atoms with Crippen molar-refractivity contribution in [2.75, 3.05) is 17.3 Å². The maximum absolute atomic E-state index is 12.8. The number of fused-ring (bicyclic) bond motifs is 1. The Kier molecular flexibility index (Phi) is 5.67. The molecule has 0 unspecified atom stereocenters. The third-order valence-electron chi connectivity index (χ3n) is 4.39. The minimum atomic E-state index is -4.40. The quantitative estimate of drug-likeness (QED) is 0.331. The first-order valence-corrected chi connectivity index (χ1v) is 10.5. The van der Waals surface area contributed by atoms with E-state index in [-0.39, 0.29) is 0 Å². The maximum atomic E-state index is 12.8. The van der Waals surface area contributed by atoms with Crippen LogP contribution >= 0.6 is 34.5 Å². The Morgan fingerprint density at radius 3 is 2.23 bits per heavy atom. The Morgan fingerprint density at radius 1 is 0.968 bits per heavy atom. The average molecular weight is 484 g/mol. The number of aromatic nitrogens is 3. The molecule has 0 atom stereocenters. The van der Waals surface area contributed by atoms with Crippen molar-refractivity contribution in [2.24, 2.45) is 0 Å². The van der Waals surface area contributed by atoms with Gasteiger partial charge in [0.05, 0.1) is 21.3 Å². The van der Waals surface area contributed by atoms with Gasteiger partial charge in [-0.25, -0.2) is 15.0 Å². The van der Waals surface area contributed by atoms with Crippen molar-refractivity contribution in [3.05, 3.63) is 63.9 Å². The highest BCUT2D eigenvalue weighted by Gasteiger charge is 2.30. The number of nitrogens with one attached hydrogen (secondary N) is 1. The molecule has 2 aromatic carbocycles. The van der Waals surface area contributed by atoms with Crippen molar-refractivity contribution < 1.29 is 13.2 Å². The minimum absolute atomic E-state index is 0.392. The monoisotopic (exact) mass is 483 g/mol. The Balaban J connectivity index is 1.72. The number of rotatable bonds is 4. The molecule has 4 rings (SSSR count). The van der Waals surface area contributed by atoms with Gasteiger partial charge in [-0.2, -0.15) is 13.2 Å². The molecule has 0 aliphatic heterocycles. The molecule has 2 aromatic heterocycles. The van der Waals surface area contributed by atoms with E-state index < -0.39 is 11.7 Å². The van der Waals surface area contributed by atoms with Gasteiger partial charge >= 0.3 is 6.18 Å². The Morgan fingerprint density at radius 2 is 1.61 bits per heavy atom. The lowest BCUT2D eigenvalue weighted by atomic mass is 10.2. The number of benzene rings is 2. The van der Waals surface area contributed by atoms with Crippen LogP contribution < -0.4 is 10.2 Å². The number of nitrogens with zero attached hydrogens (tertiary/aromatic N) is 4. The normalized spacial score (nSPS) is 11.7. The van der Waals surface area contributed by atoms with Crippen LogP contribution in [0.4, 0.5) is 35.5 Å². The second-order valence-electron chi connectivity index (χ2n) is 6.60. The first kappa shape index (κ1) is 21.6. The molecule has 4 aromatic rings.